The molecule has 0 saturated carbocycles. The standard InChI is InChI=1S/C21H13Cl2N3O4/c1-11-2-3-12(8-17(11)23)21-25-18-9-13(4-7-19(18)30-21)24-20(27)15-10-14(26(28)29)5-6-16(15)22/h2-10H,1H3,(H,24,27). The lowest BCUT2D eigenvalue weighted by Crippen LogP contribution is -2.12. The number of carbonyl (C=O) groups is 1. The first-order valence-electron chi connectivity index (χ1n) is 8.74. The van der Waals surface area contributed by atoms with E-state index in [0.717, 1.165) is 17.2 Å². The van der Waals surface area contributed by atoms with Crippen LogP contribution >= 0.6 is 23.2 Å². The predicted molar refractivity (Wildman–Crippen MR) is 115 cm³/mol. The maximum atomic E-state index is 12.6. The normalized spacial score (nSPS) is 10.9. The summed E-state index contributed by atoms with van der Waals surface area (Å²) in [5.74, 6) is -0.172. The third-order valence-corrected chi connectivity index (χ3v) is 5.21. The minimum Gasteiger partial charge on any atom is -0.436 e. The quantitative estimate of drug-likeness (QED) is 0.297. The summed E-state index contributed by atoms with van der Waals surface area (Å²) in [6, 6.07) is 14.1. The molecule has 1 heterocycles. The highest BCUT2D eigenvalue weighted by molar-refractivity contribution is 6.34. The van der Waals surface area contributed by atoms with Crippen molar-refractivity contribution in [3.8, 4) is 11.5 Å². The van der Waals surface area contributed by atoms with E-state index in [0.29, 0.717) is 27.7 Å². The Hall–Kier alpha value is -3.42. The summed E-state index contributed by atoms with van der Waals surface area (Å²) in [4.78, 5) is 27.4. The van der Waals surface area contributed by atoms with Crippen molar-refractivity contribution in [3.63, 3.8) is 0 Å². The van der Waals surface area contributed by atoms with E-state index >= 15 is 0 Å². The second kappa shape index (κ2) is 7.78. The molecule has 7 nitrogen and oxygen atoms in total. The van der Waals surface area contributed by atoms with Crippen LogP contribution in [-0.2, 0) is 0 Å². The number of hydrogen-bond donors (Lipinski definition) is 1. The molecule has 0 spiro atoms. The molecular weight excluding hydrogens is 429 g/mol. The number of nitro groups is 1. The van der Waals surface area contributed by atoms with Crippen LogP contribution in [0.1, 0.15) is 15.9 Å². The van der Waals surface area contributed by atoms with Crippen LogP contribution in [0.15, 0.2) is 59.0 Å². The molecule has 0 aliphatic rings. The molecule has 0 saturated heterocycles. The third-order valence-electron chi connectivity index (χ3n) is 4.47. The average Bonchev–Trinajstić information content (AvgIpc) is 3.13. The Morgan fingerprint density at radius 1 is 1.07 bits per heavy atom. The molecule has 0 bridgehead atoms. The number of halogens is 2. The van der Waals surface area contributed by atoms with E-state index in [9.17, 15) is 14.9 Å². The fraction of sp³-hybridized carbons (Fsp3) is 0.0476. The maximum Gasteiger partial charge on any atom is 0.270 e. The Bertz CT molecular complexity index is 1320. The first kappa shape index (κ1) is 19.9. The first-order valence-corrected chi connectivity index (χ1v) is 9.50. The van der Waals surface area contributed by atoms with Crippen LogP contribution in [0.4, 0.5) is 11.4 Å². The van der Waals surface area contributed by atoms with Gasteiger partial charge in [0.2, 0.25) is 5.89 Å². The van der Waals surface area contributed by atoms with Crippen LogP contribution in [0.5, 0.6) is 0 Å². The van der Waals surface area contributed by atoms with Gasteiger partial charge in [-0.25, -0.2) is 4.98 Å². The molecule has 9 heteroatoms. The summed E-state index contributed by atoms with van der Waals surface area (Å²) in [7, 11) is 0. The Labute approximate surface area is 180 Å². The van der Waals surface area contributed by atoms with Crippen molar-refractivity contribution in [2.45, 2.75) is 6.92 Å². The van der Waals surface area contributed by atoms with Crippen molar-refractivity contribution in [1.82, 2.24) is 4.98 Å². The third kappa shape index (κ3) is 3.85. The monoisotopic (exact) mass is 441 g/mol. The SMILES string of the molecule is Cc1ccc(-c2nc3cc(NC(=O)c4cc([N+](=O)[O-])ccc4Cl)ccc3o2)cc1Cl. The maximum absolute atomic E-state index is 12.6. The Morgan fingerprint density at radius 3 is 2.60 bits per heavy atom. The highest BCUT2D eigenvalue weighted by atomic mass is 35.5. The number of nitrogens with zero attached hydrogens (tertiary/aromatic N) is 2. The van der Waals surface area contributed by atoms with Crippen molar-refractivity contribution in [3.05, 3.63) is 85.9 Å². The zero-order chi connectivity index (χ0) is 21.4. The molecule has 0 unspecified atom stereocenters. The largest absolute Gasteiger partial charge is 0.436 e. The van der Waals surface area contributed by atoms with Gasteiger partial charge in [-0.1, -0.05) is 29.3 Å². The van der Waals surface area contributed by atoms with Crippen LogP contribution in [0.25, 0.3) is 22.6 Å². The van der Waals surface area contributed by atoms with Crippen LogP contribution < -0.4 is 5.32 Å². The summed E-state index contributed by atoms with van der Waals surface area (Å²) >= 11 is 12.2. The molecule has 150 valence electrons. The van der Waals surface area contributed by atoms with Crippen LogP contribution in [0.2, 0.25) is 10.0 Å². The molecule has 0 atom stereocenters. The zero-order valence-electron chi connectivity index (χ0n) is 15.5. The molecular formula is C21H13Cl2N3O4. The number of carbonyl (C=O) groups excluding carboxylic acids is 1. The van der Waals surface area contributed by atoms with Gasteiger partial charge in [-0.05, 0) is 48.9 Å². The van der Waals surface area contributed by atoms with E-state index < -0.39 is 10.8 Å². The number of hydrogen-bond acceptors (Lipinski definition) is 5. The topological polar surface area (TPSA) is 98.3 Å². The molecule has 4 rings (SSSR count). The van der Waals surface area contributed by atoms with E-state index in [1.807, 2.05) is 19.1 Å². The lowest BCUT2D eigenvalue weighted by Gasteiger charge is -2.06. The van der Waals surface area contributed by atoms with Crippen molar-refractivity contribution in [2.24, 2.45) is 0 Å². The lowest BCUT2D eigenvalue weighted by molar-refractivity contribution is -0.384. The van der Waals surface area contributed by atoms with Gasteiger partial charge in [-0.2, -0.15) is 0 Å². The van der Waals surface area contributed by atoms with E-state index in [2.05, 4.69) is 10.3 Å². The number of anilines is 1. The zero-order valence-corrected chi connectivity index (χ0v) is 17.0. The number of nitrogens with one attached hydrogen (secondary N) is 1. The van der Waals surface area contributed by atoms with Crippen molar-refractivity contribution < 1.29 is 14.1 Å². The van der Waals surface area contributed by atoms with Gasteiger partial charge in [0.25, 0.3) is 11.6 Å². The fourth-order valence-electron chi connectivity index (χ4n) is 2.85. The Balaban J connectivity index is 1.63. The van der Waals surface area contributed by atoms with E-state index in [4.69, 9.17) is 27.6 Å². The highest BCUT2D eigenvalue weighted by Gasteiger charge is 2.17. The van der Waals surface area contributed by atoms with Gasteiger partial charge in [-0.3, -0.25) is 14.9 Å². The van der Waals surface area contributed by atoms with E-state index in [-0.39, 0.29) is 16.3 Å². The molecule has 4 aromatic rings. The number of fused-ring (bicyclic) bond motifs is 1. The minimum absolute atomic E-state index is 0.00102. The number of amides is 1. The number of aromatic nitrogens is 1. The van der Waals surface area contributed by atoms with Crippen LogP contribution in [0.3, 0.4) is 0 Å². The van der Waals surface area contributed by atoms with Gasteiger partial charge in [0, 0.05) is 28.4 Å². The summed E-state index contributed by atoms with van der Waals surface area (Å²) < 4.78 is 5.78. The minimum atomic E-state index is -0.590. The van der Waals surface area contributed by atoms with Gasteiger partial charge >= 0.3 is 0 Å². The van der Waals surface area contributed by atoms with Gasteiger partial charge in [0.15, 0.2) is 5.58 Å². The summed E-state index contributed by atoms with van der Waals surface area (Å²) in [6.45, 7) is 1.90. The van der Waals surface area contributed by atoms with Crippen molar-refractivity contribution in [1.29, 1.82) is 0 Å². The number of aryl methyl sites for hydroxylation is 1. The summed E-state index contributed by atoms with van der Waals surface area (Å²) in [6.07, 6.45) is 0. The fourth-order valence-corrected chi connectivity index (χ4v) is 3.24. The van der Waals surface area contributed by atoms with Gasteiger partial charge < -0.3 is 9.73 Å². The van der Waals surface area contributed by atoms with Crippen molar-refractivity contribution >= 4 is 51.6 Å². The van der Waals surface area contributed by atoms with Gasteiger partial charge in [0.05, 0.1) is 15.5 Å². The summed E-state index contributed by atoms with van der Waals surface area (Å²) in [5.41, 5.74) is 2.96. The predicted octanol–water partition coefficient (Wildman–Crippen LogP) is 6.27. The summed E-state index contributed by atoms with van der Waals surface area (Å²) in [5, 5.41) is 14.3. The Morgan fingerprint density at radius 2 is 1.87 bits per heavy atom. The smallest absolute Gasteiger partial charge is 0.270 e. The molecule has 3 aromatic carbocycles. The molecule has 0 aliphatic heterocycles. The molecule has 0 fully saturated rings. The van der Waals surface area contributed by atoms with Gasteiger partial charge in [-0.15, -0.1) is 0 Å². The molecule has 30 heavy (non-hydrogen) atoms. The first-order chi connectivity index (χ1) is 14.3. The second-order valence-corrected chi connectivity index (χ2v) is 7.36. The number of rotatable bonds is 4. The van der Waals surface area contributed by atoms with Crippen LogP contribution in [0, 0.1) is 17.0 Å². The number of benzene rings is 3. The molecule has 1 N–H and O–H groups in total. The van der Waals surface area contributed by atoms with Crippen LogP contribution in [-0.4, -0.2) is 15.8 Å². The number of nitro benzene ring substituents is 1. The molecule has 1 aromatic heterocycles. The Kier molecular flexibility index (Phi) is 5.15. The number of non-ortho nitro benzene ring substituents is 1. The van der Waals surface area contributed by atoms with E-state index in [1.165, 1.54) is 12.1 Å². The van der Waals surface area contributed by atoms with E-state index in [1.54, 1.807) is 24.3 Å². The van der Waals surface area contributed by atoms with Gasteiger partial charge in [0.1, 0.15) is 5.52 Å². The highest BCUT2D eigenvalue weighted by Crippen LogP contribution is 2.29. The number of oxazole rings is 1. The average molecular weight is 442 g/mol. The lowest BCUT2D eigenvalue weighted by atomic mass is 10.1. The molecule has 0 radical (unpaired) electrons. The molecule has 1 amide bonds. The second-order valence-electron chi connectivity index (χ2n) is 6.54. The molecule has 0 aliphatic carbocycles. The van der Waals surface area contributed by atoms with Crippen molar-refractivity contribution in [2.75, 3.05) is 5.32 Å².